The molecule has 1 atom stereocenters. The monoisotopic (exact) mass is 324 g/mol. The number of nitrogens with zero attached hydrogens (tertiary/aromatic N) is 1. The Morgan fingerprint density at radius 1 is 1.21 bits per heavy atom. The average molecular weight is 325 g/mol. The topological polar surface area (TPSA) is 15.3 Å². The smallest absolute Gasteiger partial charge is 0.0292 e. The Hall–Kier alpha value is -0.380. The van der Waals surface area contributed by atoms with Gasteiger partial charge >= 0.3 is 0 Å². The summed E-state index contributed by atoms with van der Waals surface area (Å²) in [4.78, 5) is 2.60. The van der Waals surface area contributed by atoms with E-state index in [2.05, 4.69) is 57.3 Å². The molecule has 106 valence electrons. The van der Waals surface area contributed by atoms with Gasteiger partial charge in [0.05, 0.1) is 0 Å². The van der Waals surface area contributed by atoms with Gasteiger partial charge < -0.3 is 10.2 Å². The number of hydrogen-bond acceptors (Lipinski definition) is 2. The van der Waals surface area contributed by atoms with Gasteiger partial charge in [0, 0.05) is 23.6 Å². The van der Waals surface area contributed by atoms with Gasteiger partial charge in [-0.15, -0.1) is 0 Å². The van der Waals surface area contributed by atoms with Crippen molar-refractivity contribution in [2.45, 2.75) is 38.6 Å². The Morgan fingerprint density at radius 3 is 2.63 bits per heavy atom. The average Bonchev–Trinajstić information content (AvgIpc) is 2.67. The zero-order chi connectivity index (χ0) is 13.5. The Morgan fingerprint density at radius 2 is 1.95 bits per heavy atom. The van der Waals surface area contributed by atoms with Crippen molar-refractivity contribution in [2.75, 3.05) is 26.2 Å². The molecule has 2 nitrogen and oxygen atoms in total. The maximum absolute atomic E-state index is 3.63. The van der Waals surface area contributed by atoms with Gasteiger partial charge in [-0.05, 0) is 50.6 Å². The molecule has 3 heteroatoms. The summed E-state index contributed by atoms with van der Waals surface area (Å²) in [5.74, 6) is 0. The minimum Gasteiger partial charge on any atom is -0.309 e. The van der Waals surface area contributed by atoms with Crippen LogP contribution in [0.1, 0.15) is 44.2 Å². The van der Waals surface area contributed by atoms with Gasteiger partial charge in [0.15, 0.2) is 0 Å². The second-order valence-electron chi connectivity index (χ2n) is 5.49. The molecular weight excluding hydrogens is 300 g/mol. The third-order valence-electron chi connectivity index (χ3n) is 3.93. The van der Waals surface area contributed by atoms with Crippen molar-refractivity contribution in [1.29, 1.82) is 0 Å². The SMILES string of the molecule is CC(NCCN1CCCCCC1)c1cccc(Br)c1. The second-order valence-corrected chi connectivity index (χ2v) is 6.40. The first-order valence-electron chi connectivity index (χ1n) is 7.47. The van der Waals surface area contributed by atoms with E-state index in [4.69, 9.17) is 0 Å². The van der Waals surface area contributed by atoms with Crippen molar-refractivity contribution in [3.8, 4) is 0 Å². The highest BCUT2D eigenvalue weighted by Crippen LogP contribution is 2.17. The van der Waals surface area contributed by atoms with E-state index < -0.39 is 0 Å². The lowest BCUT2D eigenvalue weighted by atomic mass is 10.1. The number of benzene rings is 1. The van der Waals surface area contributed by atoms with E-state index in [-0.39, 0.29) is 0 Å². The molecule has 1 aliphatic rings. The largest absolute Gasteiger partial charge is 0.309 e. The van der Waals surface area contributed by atoms with Crippen LogP contribution in [0.3, 0.4) is 0 Å². The molecule has 1 N–H and O–H groups in total. The summed E-state index contributed by atoms with van der Waals surface area (Å²) in [7, 11) is 0. The zero-order valence-electron chi connectivity index (χ0n) is 11.9. The third-order valence-corrected chi connectivity index (χ3v) is 4.42. The standard InChI is InChI=1S/C16H25BrN2/c1-14(15-7-6-8-16(17)13-15)18-9-12-19-10-4-2-3-5-11-19/h6-8,13-14,18H,2-5,9-12H2,1H3. The molecule has 1 unspecified atom stereocenters. The summed E-state index contributed by atoms with van der Waals surface area (Å²) in [6.07, 6.45) is 5.58. The summed E-state index contributed by atoms with van der Waals surface area (Å²) in [6, 6.07) is 8.99. The lowest BCUT2D eigenvalue weighted by Crippen LogP contribution is -2.33. The molecule has 0 bridgehead atoms. The predicted molar refractivity (Wildman–Crippen MR) is 85.5 cm³/mol. The fraction of sp³-hybridized carbons (Fsp3) is 0.625. The molecule has 19 heavy (non-hydrogen) atoms. The first kappa shape index (κ1) is 15.0. The van der Waals surface area contributed by atoms with Crippen LogP contribution in [0, 0.1) is 0 Å². The van der Waals surface area contributed by atoms with Gasteiger partial charge in [0.2, 0.25) is 0 Å². The van der Waals surface area contributed by atoms with Crippen molar-refractivity contribution in [3.05, 3.63) is 34.3 Å². The maximum Gasteiger partial charge on any atom is 0.0292 e. The number of halogens is 1. The van der Waals surface area contributed by atoms with E-state index in [1.807, 2.05) is 0 Å². The first-order chi connectivity index (χ1) is 9.25. The minimum absolute atomic E-state index is 0.421. The first-order valence-corrected chi connectivity index (χ1v) is 8.26. The van der Waals surface area contributed by atoms with Crippen LogP contribution in [0.15, 0.2) is 28.7 Å². The van der Waals surface area contributed by atoms with Gasteiger partial charge in [-0.25, -0.2) is 0 Å². The van der Waals surface area contributed by atoms with Gasteiger partial charge in [0.25, 0.3) is 0 Å². The van der Waals surface area contributed by atoms with Gasteiger partial charge in [-0.3, -0.25) is 0 Å². The molecule has 1 saturated heterocycles. The summed E-state index contributed by atoms with van der Waals surface area (Å²) in [5.41, 5.74) is 1.35. The van der Waals surface area contributed by atoms with Crippen molar-refractivity contribution < 1.29 is 0 Å². The van der Waals surface area contributed by atoms with Crippen LogP contribution < -0.4 is 5.32 Å². The van der Waals surface area contributed by atoms with Crippen LogP contribution in [0.5, 0.6) is 0 Å². The minimum atomic E-state index is 0.421. The molecule has 0 spiro atoms. The van der Waals surface area contributed by atoms with Gasteiger partial charge in [-0.2, -0.15) is 0 Å². The van der Waals surface area contributed by atoms with Crippen LogP contribution in [-0.2, 0) is 0 Å². The Bertz CT molecular complexity index is 373. The number of rotatable bonds is 5. The normalized spacial score (nSPS) is 19.1. The van der Waals surface area contributed by atoms with E-state index >= 15 is 0 Å². The second kappa shape index (κ2) is 8.03. The quantitative estimate of drug-likeness (QED) is 0.881. The van der Waals surface area contributed by atoms with Crippen LogP contribution in [0.4, 0.5) is 0 Å². The summed E-state index contributed by atoms with van der Waals surface area (Å²) < 4.78 is 1.16. The van der Waals surface area contributed by atoms with Crippen LogP contribution in [0.25, 0.3) is 0 Å². The molecule has 1 heterocycles. The number of nitrogens with one attached hydrogen (secondary N) is 1. The fourth-order valence-corrected chi connectivity index (χ4v) is 3.11. The van der Waals surface area contributed by atoms with Crippen molar-refractivity contribution >= 4 is 15.9 Å². The van der Waals surface area contributed by atoms with Crippen molar-refractivity contribution in [1.82, 2.24) is 10.2 Å². The predicted octanol–water partition coefficient (Wildman–Crippen LogP) is 3.98. The molecule has 1 aromatic rings. The van der Waals surface area contributed by atoms with Gasteiger partial charge in [-0.1, -0.05) is 40.9 Å². The molecule has 0 saturated carbocycles. The maximum atomic E-state index is 3.63. The van der Waals surface area contributed by atoms with E-state index in [0.29, 0.717) is 6.04 Å². The number of likely N-dealkylation sites (tertiary alicyclic amines) is 1. The summed E-state index contributed by atoms with van der Waals surface area (Å²) >= 11 is 3.53. The molecule has 0 aliphatic carbocycles. The summed E-state index contributed by atoms with van der Waals surface area (Å²) in [6.45, 7) is 7.07. The fourth-order valence-electron chi connectivity index (χ4n) is 2.69. The lowest BCUT2D eigenvalue weighted by molar-refractivity contribution is 0.280. The molecule has 0 amide bonds. The lowest BCUT2D eigenvalue weighted by Gasteiger charge is -2.22. The highest BCUT2D eigenvalue weighted by Gasteiger charge is 2.09. The van der Waals surface area contributed by atoms with Gasteiger partial charge in [0.1, 0.15) is 0 Å². The molecule has 1 aliphatic heterocycles. The van der Waals surface area contributed by atoms with Crippen LogP contribution in [0.2, 0.25) is 0 Å². The molecule has 1 aromatic carbocycles. The molecular formula is C16H25BrN2. The Balaban J connectivity index is 1.72. The zero-order valence-corrected chi connectivity index (χ0v) is 13.5. The highest BCUT2D eigenvalue weighted by molar-refractivity contribution is 9.10. The van der Waals surface area contributed by atoms with E-state index in [9.17, 15) is 0 Å². The van der Waals surface area contributed by atoms with Crippen molar-refractivity contribution in [2.24, 2.45) is 0 Å². The van der Waals surface area contributed by atoms with Crippen LogP contribution in [-0.4, -0.2) is 31.1 Å². The molecule has 0 aromatic heterocycles. The third kappa shape index (κ3) is 5.25. The van der Waals surface area contributed by atoms with E-state index in [1.54, 1.807) is 0 Å². The van der Waals surface area contributed by atoms with Crippen LogP contribution >= 0.6 is 15.9 Å². The Labute approximate surface area is 125 Å². The highest BCUT2D eigenvalue weighted by atomic mass is 79.9. The number of hydrogen-bond donors (Lipinski definition) is 1. The van der Waals surface area contributed by atoms with E-state index in [1.165, 1.54) is 50.9 Å². The molecule has 1 fully saturated rings. The van der Waals surface area contributed by atoms with Crippen molar-refractivity contribution in [3.63, 3.8) is 0 Å². The Kier molecular flexibility index (Phi) is 6.35. The molecule has 0 radical (unpaired) electrons. The summed E-state index contributed by atoms with van der Waals surface area (Å²) in [5, 5.41) is 3.63. The molecule has 2 rings (SSSR count). The van der Waals surface area contributed by atoms with E-state index in [0.717, 1.165) is 11.0 Å².